The van der Waals surface area contributed by atoms with Crippen molar-refractivity contribution in [1.82, 2.24) is 25.1 Å². The molecule has 1 unspecified atom stereocenters. The van der Waals surface area contributed by atoms with Crippen LogP contribution in [0.2, 0.25) is 0 Å². The average molecular weight is 393 g/mol. The predicted molar refractivity (Wildman–Crippen MR) is 104 cm³/mol. The molecule has 1 aliphatic rings. The molecule has 0 bridgehead atoms. The van der Waals surface area contributed by atoms with Crippen LogP contribution in [0.1, 0.15) is 31.4 Å². The summed E-state index contributed by atoms with van der Waals surface area (Å²) < 4.78 is 7.37. The molecular weight excluding hydrogens is 368 g/mol. The Kier molecular flexibility index (Phi) is 7.46. The van der Waals surface area contributed by atoms with Crippen molar-refractivity contribution in [2.45, 2.75) is 38.0 Å². The molecule has 2 heterocycles. The van der Waals surface area contributed by atoms with Crippen LogP contribution in [0.3, 0.4) is 0 Å². The molecule has 2 N–H and O–H groups in total. The molecule has 1 aromatic heterocycles. The summed E-state index contributed by atoms with van der Waals surface area (Å²) in [5.41, 5.74) is 7.49. The van der Waals surface area contributed by atoms with Gasteiger partial charge in [0.1, 0.15) is 12.4 Å². The molecule has 1 saturated heterocycles. The monoisotopic (exact) mass is 392 g/mol. The zero-order valence-electron chi connectivity index (χ0n) is 15.3. The lowest BCUT2D eigenvalue weighted by Gasteiger charge is -2.31. The normalized spacial score (nSPS) is 19.9. The van der Waals surface area contributed by atoms with Gasteiger partial charge in [-0.2, -0.15) is 0 Å². The molecule has 1 fully saturated rings. The average Bonchev–Trinajstić information content (AvgIpc) is 3.37. The van der Waals surface area contributed by atoms with E-state index in [0.717, 1.165) is 17.7 Å². The summed E-state index contributed by atoms with van der Waals surface area (Å²) in [5.74, 6) is -0.0267. The van der Waals surface area contributed by atoms with Gasteiger partial charge in [0.25, 0.3) is 5.91 Å². The van der Waals surface area contributed by atoms with Crippen molar-refractivity contribution in [3.63, 3.8) is 0 Å². The third kappa shape index (κ3) is 4.71. The van der Waals surface area contributed by atoms with E-state index in [1.165, 1.54) is 6.33 Å². The van der Waals surface area contributed by atoms with E-state index in [-0.39, 0.29) is 30.5 Å². The highest BCUT2D eigenvalue weighted by Crippen LogP contribution is 2.27. The Bertz CT molecular complexity index is 754. The zero-order valence-corrected chi connectivity index (χ0v) is 16.1. The van der Waals surface area contributed by atoms with Crippen molar-refractivity contribution in [2.24, 2.45) is 5.73 Å². The Morgan fingerprint density at radius 1 is 1.52 bits per heavy atom. The Morgan fingerprint density at radius 2 is 2.33 bits per heavy atom. The molecule has 8 nitrogen and oxygen atoms in total. The summed E-state index contributed by atoms with van der Waals surface area (Å²) in [5, 5.41) is 11.2. The van der Waals surface area contributed by atoms with Crippen LogP contribution in [0.25, 0.3) is 5.69 Å². The number of amides is 1. The Balaban J connectivity index is 0.00000261. The maximum Gasteiger partial charge on any atom is 0.252 e. The number of rotatable bonds is 7. The first-order chi connectivity index (χ1) is 12.6. The van der Waals surface area contributed by atoms with E-state index in [1.807, 2.05) is 31.2 Å². The van der Waals surface area contributed by atoms with E-state index >= 15 is 0 Å². The van der Waals surface area contributed by atoms with Crippen LogP contribution in [-0.2, 0) is 9.53 Å². The number of ether oxygens (including phenoxy) is 1. The van der Waals surface area contributed by atoms with Crippen molar-refractivity contribution in [2.75, 3.05) is 13.1 Å². The second-order valence-electron chi connectivity index (χ2n) is 6.36. The van der Waals surface area contributed by atoms with Crippen molar-refractivity contribution in [3.05, 3.63) is 48.8 Å². The fourth-order valence-corrected chi connectivity index (χ4v) is 3.21. The van der Waals surface area contributed by atoms with Gasteiger partial charge < -0.3 is 15.4 Å². The van der Waals surface area contributed by atoms with Crippen LogP contribution in [0.5, 0.6) is 0 Å². The first-order valence-electron chi connectivity index (χ1n) is 8.74. The van der Waals surface area contributed by atoms with Gasteiger partial charge in [-0.05, 0) is 47.9 Å². The molecule has 1 aromatic carbocycles. The second kappa shape index (κ2) is 9.59. The van der Waals surface area contributed by atoms with E-state index in [2.05, 4.69) is 22.1 Å². The lowest BCUT2D eigenvalue weighted by molar-refractivity contribution is -0.144. The van der Waals surface area contributed by atoms with Crippen LogP contribution in [0.4, 0.5) is 0 Å². The standard InChI is InChI=1S/C18H24N6O2.ClH/c1-3-9-23(18(25)17-8-7-16(11-19)26-17)13(2)14-5-4-6-15(10-14)24-12-20-21-22-24;/h3-6,10,12-13,16-17H,1,7-9,11,19H2,2H3;1H/t13?,16-,17+;/m1./s1. The molecule has 27 heavy (non-hydrogen) atoms. The highest BCUT2D eigenvalue weighted by Gasteiger charge is 2.34. The smallest absolute Gasteiger partial charge is 0.252 e. The van der Waals surface area contributed by atoms with Crippen LogP contribution in [-0.4, -0.2) is 56.3 Å². The van der Waals surface area contributed by atoms with Crippen LogP contribution in [0, 0.1) is 0 Å². The number of carbonyl (C=O) groups excluding carboxylic acids is 1. The quantitative estimate of drug-likeness (QED) is 0.719. The third-order valence-electron chi connectivity index (χ3n) is 4.69. The number of aromatic nitrogens is 4. The maximum absolute atomic E-state index is 13.0. The van der Waals surface area contributed by atoms with Crippen molar-refractivity contribution < 1.29 is 9.53 Å². The van der Waals surface area contributed by atoms with E-state index in [1.54, 1.807) is 15.7 Å². The molecule has 0 saturated carbocycles. The molecule has 9 heteroatoms. The number of tetrazole rings is 1. The number of carbonyl (C=O) groups is 1. The van der Waals surface area contributed by atoms with Gasteiger partial charge in [-0.3, -0.25) is 4.79 Å². The number of halogens is 1. The minimum atomic E-state index is -0.436. The van der Waals surface area contributed by atoms with Gasteiger partial charge in [-0.15, -0.1) is 24.1 Å². The molecule has 1 aliphatic heterocycles. The number of hydrogen-bond acceptors (Lipinski definition) is 6. The van der Waals surface area contributed by atoms with Gasteiger partial charge in [-0.1, -0.05) is 18.2 Å². The van der Waals surface area contributed by atoms with E-state index in [4.69, 9.17) is 10.5 Å². The molecule has 3 rings (SSSR count). The zero-order chi connectivity index (χ0) is 18.5. The lowest BCUT2D eigenvalue weighted by atomic mass is 10.0. The van der Waals surface area contributed by atoms with Crippen molar-refractivity contribution in [1.29, 1.82) is 0 Å². The Morgan fingerprint density at radius 3 is 2.96 bits per heavy atom. The summed E-state index contributed by atoms with van der Waals surface area (Å²) >= 11 is 0. The van der Waals surface area contributed by atoms with E-state index in [9.17, 15) is 4.79 Å². The molecule has 0 radical (unpaired) electrons. The number of nitrogens with two attached hydrogens (primary N) is 1. The highest BCUT2D eigenvalue weighted by molar-refractivity contribution is 5.85. The Hall–Kier alpha value is -2.29. The molecule has 2 aromatic rings. The highest BCUT2D eigenvalue weighted by atomic mass is 35.5. The SMILES string of the molecule is C=CCN(C(=O)[C@@H]1CC[C@H](CN)O1)C(C)c1cccc(-n2cnnn2)c1.Cl. The predicted octanol–water partition coefficient (Wildman–Crippen LogP) is 1.67. The van der Waals surface area contributed by atoms with Crippen molar-refractivity contribution in [3.8, 4) is 5.69 Å². The van der Waals surface area contributed by atoms with E-state index in [0.29, 0.717) is 19.5 Å². The van der Waals surface area contributed by atoms with Gasteiger partial charge in [-0.25, -0.2) is 4.68 Å². The second-order valence-corrected chi connectivity index (χ2v) is 6.36. The maximum atomic E-state index is 13.0. The minimum absolute atomic E-state index is 0. The van der Waals surface area contributed by atoms with Gasteiger partial charge in [0.15, 0.2) is 0 Å². The molecule has 3 atom stereocenters. The number of benzene rings is 1. The number of hydrogen-bond donors (Lipinski definition) is 1. The fourth-order valence-electron chi connectivity index (χ4n) is 3.21. The summed E-state index contributed by atoms with van der Waals surface area (Å²) in [4.78, 5) is 14.8. The summed E-state index contributed by atoms with van der Waals surface area (Å²) in [6, 6.07) is 7.66. The molecule has 0 aliphatic carbocycles. The topological polar surface area (TPSA) is 99.2 Å². The molecular formula is C18H25ClN6O2. The van der Waals surface area contributed by atoms with Gasteiger partial charge in [0.05, 0.1) is 17.8 Å². The Labute approximate surface area is 164 Å². The van der Waals surface area contributed by atoms with Crippen molar-refractivity contribution >= 4 is 18.3 Å². The van der Waals surface area contributed by atoms with Gasteiger partial charge >= 0.3 is 0 Å². The van der Waals surface area contributed by atoms with E-state index < -0.39 is 6.10 Å². The van der Waals surface area contributed by atoms with Crippen LogP contribution < -0.4 is 5.73 Å². The van der Waals surface area contributed by atoms with Gasteiger partial charge in [0, 0.05) is 13.1 Å². The largest absolute Gasteiger partial charge is 0.364 e. The van der Waals surface area contributed by atoms with Gasteiger partial charge in [0.2, 0.25) is 0 Å². The summed E-state index contributed by atoms with van der Waals surface area (Å²) in [6.07, 6.45) is 4.32. The summed E-state index contributed by atoms with van der Waals surface area (Å²) in [6.45, 7) is 6.67. The van der Waals surface area contributed by atoms with Crippen LogP contribution in [0.15, 0.2) is 43.2 Å². The first kappa shape index (κ1) is 21.0. The summed E-state index contributed by atoms with van der Waals surface area (Å²) in [7, 11) is 0. The first-order valence-corrected chi connectivity index (χ1v) is 8.74. The van der Waals surface area contributed by atoms with Crippen LogP contribution >= 0.6 is 12.4 Å². The molecule has 1 amide bonds. The lowest BCUT2D eigenvalue weighted by Crippen LogP contribution is -2.41. The third-order valence-corrected chi connectivity index (χ3v) is 4.69. The number of nitrogens with zero attached hydrogens (tertiary/aromatic N) is 5. The fraction of sp³-hybridized carbons (Fsp3) is 0.444. The molecule has 146 valence electrons. The molecule has 0 spiro atoms. The minimum Gasteiger partial charge on any atom is -0.364 e.